The van der Waals surface area contributed by atoms with E-state index in [1.54, 1.807) is 13.8 Å². The van der Waals surface area contributed by atoms with Crippen LogP contribution in [0.1, 0.15) is 50.7 Å². The van der Waals surface area contributed by atoms with Crippen molar-refractivity contribution in [2.24, 2.45) is 11.3 Å². The molecule has 0 bridgehead atoms. The number of carboxylic acids is 1. The van der Waals surface area contributed by atoms with Gasteiger partial charge >= 0.3 is 12.1 Å². The lowest BCUT2D eigenvalue weighted by molar-refractivity contribution is -0.139. The molecule has 0 saturated carbocycles. The van der Waals surface area contributed by atoms with Gasteiger partial charge in [-0.2, -0.15) is 0 Å². The molecule has 1 aliphatic rings. The Morgan fingerprint density at radius 3 is 2.12 bits per heavy atom. The smallest absolute Gasteiger partial charge is 0.407 e. The molecule has 3 rings (SSSR count). The lowest BCUT2D eigenvalue weighted by Gasteiger charge is -2.24. The first-order chi connectivity index (χ1) is 15.7. The van der Waals surface area contributed by atoms with Gasteiger partial charge in [-0.1, -0.05) is 69.3 Å². The number of nitrogens with one attached hydrogen (secondary N) is 2. The SMILES string of the molecule is CCC(CNC(=O)OCC1c2ccccc2-c2ccccc21)C(=O)NCC(C)(C)CC(=O)O. The Hall–Kier alpha value is -3.35. The number of aliphatic carboxylic acids is 1. The third kappa shape index (κ3) is 6.12. The van der Waals surface area contributed by atoms with E-state index in [1.807, 2.05) is 31.2 Å². The summed E-state index contributed by atoms with van der Waals surface area (Å²) in [5, 5.41) is 14.5. The average Bonchev–Trinajstić information content (AvgIpc) is 3.10. The number of alkyl carbamates (subject to hydrolysis) is 1. The normalized spacial score (nSPS) is 13.5. The Balaban J connectivity index is 1.51. The van der Waals surface area contributed by atoms with Gasteiger partial charge in [0, 0.05) is 19.0 Å². The van der Waals surface area contributed by atoms with Crippen molar-refractivity contribution >= 4 is 18.0 Å². The van der Waals surface area contributed by atoms with E-state index in [4.69, 9.17) is 9.84 Å². The second-order valence-corrected chi connectivity index (χ2v) is 9.26. The van der Waals surface area contributed by atoms with Crippen molar-refractivity contribution in [3.8, 4) is 11.1 Å². The fourth-order valence-electron chi connectivity index (χ4n) is 4.22. The van der Waals surface area contributed by atoms with Gasteiger partial charge in [0.15, 0.2) is 0 Å². The Morgan fingerprint density at radius 1 is 1.00 bits per heavy atom. The Bertz CT molecular complexity index is 972. The van der Waals surface area contributed by atoms with Crippen LogP contribution in [0.2, 0.25) is 0 Å². The molecule has 0 aliphatic heterocycles. The van der Waals surface area contributed by atoms with E-state index in [9.17, 15) is 14.4 Å². The number of carbonyl (C=O) groups excluding carboxylic acids is 2. The van der Waals surface area contributed by atoms with Crippen molar-refractivity contribution in [1.82, 2.24) is 10.6 Å². The molecule has 1 atom stereocenters. The number of ether oxygens (including phenoxy) is 1. The molecule has 176 valence electrons. The standard InChI is InChI=1S/C26H32N2O5/c1-4-17(24(31)28-16-26(2,3)13-23(29)30)14-27-25(32)33-15-22-20-11-7-5-9-18(20)19-10-6-8-12-21(19)22/h5-12,17,22H,4,13-16H2,1-3H3,(H,27,32)(H,28,31)(H,29,30). The number of fused-ring (bicyclic) bond motifs is 3. The first-order valence-electron chi connectivity index (χ1n) is 11.3. The highest BCUT2D eigenvalue weighted by Gasteiger charge is 2.29. The summed E-state index contributed by atoms with van der Waals surface area (Å²) in [6, 6.07) is 16.3. The van der Waals surface area contributed by atoms with Gasteiger partial charge in [-0.25, -0.2) is 4.79 Å². The molecule has 0 aromatic heterocycles. The molecular formula is C26H32N2O5. The number of carboxylic acid groups (broad SMARTS) is 1. The number of carbonyl (C=O) groups is 3. The topological polar surface area (TPSA) is 105 Å². The molecule has 2 amide bonds. The van der Waals surface area contributed by atoms with E-state index in [0.29, 0.717) is 6.42 Å². The van der Waals surface area contributed by atoms with Crippen molar-refractivity contribution in [1.29, 1.82) is 0 Å². The minimum Gasteiger partial charge on any atom is -0.481 e. The summed E-state index contributed by atoms with van der Waals surface area (Å²) in [5.41, 5.74) is 4.05. The molecule has 0 radical (unpaired) electrons. The molecule has 1 aliphatic carbocycles. The van der Waals surface area contributed by atoms with Gasteiger partial charge in [-0.05, 0) is 34.1 Å². The van der Waals surface area contributed by atoms with Crippen LogP contribution < -0.4 is 10.6 Å². The molecule has 3 N–H and O–H groups in total. The van der Waals surface area contributed by atoms with Crippen LogP contribution in [-0.4, -0.2) is 42.8 Å². The quantitative estimate of drug-likeness (QED) is 0.502. The summed E-state index contributed by atoms with van der Waals surface area (Å²) in [4.78, 5) is 35.8. The summed E-state index contributed by atoms with van der Waals surface area (Å²) in [6.45, 7) is 6.06. The Morgan fingerprint density at radius 2 is 1.58 bits per heavy atom. The zero-order chi connectivity index (χ0) is 24.0. The molecule has 0 heterocycles. The van der Waals surface area contributed by atoms with Crippen LogP contribution in [0, 0.1) is 11.3 Å². The highest BCUT2D eigenvalue weighted by atomic mass is 16.5. The Kier molecular flexibility index (Phi) is 7.74. The summed E-state index contributed by atoms with van der Waals surface area (Å²) in [5.74, 6) is -1.57. The summed E-state index contributed by atoms with van der Waals surface area (Å²) < 4.78 is 5.53. The highest BCUT2D eigenvalue weighted by Crippen LogP contribution is 2.44. The maximum Gasteiger partial charge on any atom is 0.407 e. The molecule has 7 nitrogen and oxygen atoms in total. The van der Waals surface area contributed by atoms with Gasteiger partial charge in [0.1, 0.15) is 6.61 Å². The van der Waals surface area contributed by atoms with Gasteiger partial charge in [-0.3, -0.25) is 9.59 Å². The zero-order valence-corrected chi connectivity index (χ0v) is 19.4. The van der Waals surface area contributed by atoms with Gasteiger partial charge in [0.05, 0.1) is 12.3 Å². The first kappa shape index (κ1) is 24.3. The van der Waals surface area contributed by atoms with Gasteiger partial charge in [-0.15, -0.1) is 0 Å². The second kappa shape index (κ2) is 10.5. The predicted molar refractivity (Wildman–Crippen MR) is 126 cm³/mol. The summed E-state index contributed by atoms with van der Waals surface area (Å²) in [7, 11) is 0. The van der Waals surface area contributed by atoms with Gasteiger partial charge in [0.25, 0.3) is 0 Å². The number of hydrogen-bond donors (Lipinski definition) is 3. The molecular weight excluding hydrogens is 420 g/mol. The average molecular weight is 453 g/mol. The first-order valence-corrected chi connectivity index (χ1v) is 11.3. The number of amides is 2. The highest BCUT2D eigenvalue weighted by molar-refractivity contribution is 5.80. The Labute approximate surface area is 194 Å². The predicted octanol–water partition coefficient (Wildman–Crippen LogP) is 4.17. The fourth-order valence-corrected chi connectivity index (χ4v) is 4.22. The van der Waals surface area contributed by atoms with Crippen LogP contribution in [0.4, 0.5) is 4.79 Å². The van der Waals surface area contributed by atoms with Crippen LogP contribution in [0.3, 0.4) is 0 Å². The van der Waals surface area contributed by atoms with Crippen molar-refractivity contribution in [3.05, 3.63) is 59.7 Å². The van der Waals surface area contributed by atoms with Crippen LogP contribution in [0.5, 0.6) is 0 Å². The van der Waals surface area contributed by atoms with E-state index in [2.05, 4.69) is 34.9 Å². The third-order valence-electron chi connectivity index (χ3n) is 6.07. The van der Waals surface area contributed by atoms with Crippen molar-refractivity contribution in [3.63, 3.8) is 0 Å². The van der Waals surface area contributed by atoms with Crippen molar-refractivity contribution in [2.45, 2.75) is 39.5 Å². The molecule has 0 fully saturated rings. The van der Waals surface area contributed by atoms with E-state index < -0.39 is 23.4 Å². The van der Waals surface area contributed by atoms with E-state index in [-0.39, 0.29) is 37.9 Å². The molecule has 2 aromatic rings. The minimum atomic E-state index is -0.904. The van der Waals surface area contributed by atoms with Crippen LogP contribution in [0.15, 0.2) is 48.5 Å². The number of rotatable bonds is 10. The number of hydrogen-bond acceptors (Lipinski definition) is 4. The van der Waals surface area contributed by atoms with Crippen molar-refractivity contribution in [2.75, 3.05) is 19.7 Å². The van der Waals surface area contributed by atoms with Gasteiger partial charge in [0.2, 0.25) is 5.91 Å². The maximum atomic E-state index is 12.5. The van der Waals surface area contributed by atoms with Crippen LogP contribution >= 0.6 is 0 Å². The van der Waals surface area contributed by atoms with E-state index >= 15 is 0 Å². The zero-order valence-electron chi connectivity index (χ0n) is 19.4. The summed E-state index contributed by atoms with van der Waals surface area (Å²) >= 11 is 0. The lowest BCUT2D eigenvalue weighted by atomic mass is 9.89. The second-order valence-electron chi connectivity index (χ2n) is 9.26. The summed E-state index contributed by atoms with van der Waals surface area (Å²) in [6.07, 6.45) is -0.0639. The van der Waals surface area contributed by atoms with Crippen LogP contribution in [0.25, 0.3) is 11.1 Å². The minimum absolute atomic E-state index is 0.0233. The molecule has 0 spiro atoms. The maximum absolute atomic E-state index is 12.5. The monoisotopic (exact) mass is 452 g/mol. The third-order valence-corrected chi connectivity index (χ3v) is 6.07. The molecule has 1 unspecified atom stereocenters. The molecule has 2 aromatic carbocycles. The van der Waals surface area contributed by atoms with E-state index in [0.717, 1.165) is 22.3 Å². The van der Waals surface area contributed by atoms with Crippen molar-refractivity contribution < 1.29 is 24.2 Å². The molecule has 33 heavy (non-hydrogen) atoms. The van der Waals surface area contributed by atoms with E-state index in [1.165, 1.54) is 0 Å². The van der Waals surface area contributed by atoms with Gasteiger partial charge < -0.3 is 20.5 Å². The molecule has 0 saturated heterocycles. The number of benzene rings is 2. The fraction of sp³-hybridized carbons (Fsp3) is 0.423. The lowest BCUT2D eigenvalue weighted by Crippen LogP contribution is -2.42. The van der Waals surface area contributed by atoms with Crippen LogP contribution in [-0.2, 0) is 14.3 Å². The largest absolute Gasteiger partial charge is 0.481 e. The molecule has 7 heteroatoms.